The predicted molar refractivity (Wildman–Crippen MR) is 64.9 cm³/mol. The Kier molecular flexibility index (Phi) is 1.94. The minimum Gasteiger partial charge on any atom is -0.320 e. The fourth-order valence-electron chi connectivity index (χ4n) is 1.84. The molecular formula is C12H7ClN2O. The van der Waals surface area contributed by atoms with Gasteiger partial charge in [-0.25, -0.2) is 0 Å². The second-order valence-corrected chi connectivity index (χ2v) is 3.98. The molecule has 3 rings (SSSR count). The average Bonchev–Trinajstić information content (AvgIpc) is 2.29. The Morgan fingerprint density at radius 2 is 2.06 bits per heavy atom. The van der Waals surface area contributed by atoms with Crippen molar-refractivity contribution in [1.82, 2.24) is 9.97 Å². The first-order valence-corrected chi connectivity index (χ1v) is 5.20. The minimum absolute atomic E-state index is 0.189. The molecule has 0 spiro atoms. The number of hydrogen-bond donors (Lipinski definition) is 1. The van der Waals surface area contributed by atoms with Crippen molar-refractivity contribution in [2.45, 2.75) is 0 Å². The molecule has 0 amide bonds. The maximum absolute atomic E-state index is 11.7. The largest absolute Gasteiger partial charge is 0.320 e. The van der Waals surface area contributed by atoms with E-state index in [0.29, 0.717) is 10.5 Å². The molecule has 0 atom stereocenters. The summed E-state index contributed by atoms with van der Waals surface area (Å²) in [5.41, 5.74) is 1.00. The molecule has 0 bridgehead atoms. The van der Waals surface area contributed by atoms with E-state index >= 15 is 0 Å². The Hall–Kier alpha value is -1.87. The number of fused-ring (bicyclic) bond motifs is 3. The Morgan fingerprint density at radius 1 is 1.19 bits per heavy atom. The lowest BCUT2D eigenvalue weighted by Crippen LogP contribution is -2.07. The molecule has 0 aliphatic carbocycles. The van der Waals surface area contributed by atoms with Crippen molar-refractivity contribution in [3.8, 4) is 0 Å². The summed E-state index contributed by atoms with van der Waals surface area (Å²) in [6.07, 6.45) is 1.61. The summed E-state index contributed by atoms with van der Waals surface area (Å²) in [6.45, 7) is 0. The SMILES string of the molecule is O=c1[nH]c2cc(Cl)ccc2c2cccnc12. The summed E-state index contributed by atoms with van der Waals surface area (Å²) in [5.74, 6) is 0. The Balaban J connectivity index is 2.64. The molecule has 2 heterocycles. The van der Waals surface area contributed by atoms with Crippen molar-refractivity contribution >= 4 is 33.4 Å². The number of H-pyrrole nitrogens is 1. The van der Waals surface area contributed by atoms with Crippen molar-refractivity contribution in [3.05, 3.63) is 51.9 Å². The summed E-state index contributed by atoms with van der Waals surface area (Å²) < 4.78 is 0. The van der Waals surface area contributed by atoms with Gasteiger partial charge in [-0.3, -0.25) is 9.78 Å². The molecule has 3 aromatic rings. The smallest absolute Gasteiger partial charge is 0.274 e. The number of aromatic nitrogens is 2. The van der Waals surface area contributed by atoms with Crippen LogP contribution in [0.15, 0.2) is 41.3 Å². The van der Waals surface area contributed by atoms with E-state index in [9.17, 15) is 4.79 Å². The lowest BCUT2D eigenvalue weighted by Gasteiger charge is -2.02. The summed E-state index contributed by atoms with van der Waals surface area (Å²) in [4.78, 5) is 18.6. The highest BCUT2D eigenvalue weighted by Gasteiger charge is 2.05. The first-order valence-electron chi connectivity index (χ1n) is 4.82. The molecule has 78 valence electrons. The van der Waals surface area contributed by atoms with E-state index in [0.717, 1.165) is 16.3 Å². The van der Waals surface area contributed by atoms with E-state index in [2.05, 4.69) is 9.97 Å². The molecule has 3 nitrogen and oxygen atoms in total. The number of pyridine rings is 2. The van der Waals surface area contributed by atoms with Crippen molar-refractivity contribution in [1.29, 1.82) is 0 Å². The van der Waals surface area contributed by atoms with Crippen LogP contribution >= 0.6 is 11.6 Å². The van der Waals surface area contributed by atoms with Crippen molar-refractivity contribution in [2.75, 3.05) is 0 Å². The lowest BCUT2D eigenvalue weighted by molar-refractivity contribution is 1.29. The van der Waals surface area contributed by atoms with Gasteiger partial charge in [-0.2, -0.15) is 0 Å². The van der Waals surface area contributed by atoms with Gasteiger partial charge in [-0.15, -0.1) is 0 Å². The monoisotopic (exact) mass is 230 g/mol. The van der Waals surface area contributed by atoms with Gasteiger partial charge in [0.25, 0.3) is 5.56 Å². The van der Waals surface area contributed by atoms with Gasteiger partial charge in [-0.05, 0) is 18.2 Å². The van der Waals surface area contributed by atoms with E-state index in [4.69, 9.17) is 11.6 Å². The normalized spacial score (nSPS) is 11.1. The molecule has 0 aliphatic heterocycles. The zero-order valence-electron chi connectivity index (χ0n) is 8.20. The number of halogens is 1. The number of benzene rings is 1. The van der Waals surface area contributed by atoms with Crippen molar-refractivity contribution in [3.63, 3.8) is 0 Å². The van der Waals surface area contributed by atoms with E-state index < -0.39 is 0 Å². The van der Waals surface area contributed by atoms with E-state index in [1.54, 1.807) is 18.3 Å². The first kappa shape index (κ1) is 9.36. The number of nitrogens with one attached hydrogen (secondary N) is 1. The second kappa shape index (κ2) is 3.32. The molecule has 0 saturated carbocycles. The third-order valence-corrected chi connectivity index (χ3v) is 2.78. The summed E-state index contributed by atoms with van der Waals surface area (Å²) >= 11 is 5.88. The zero-order chi connectivity index (χ0) is 11.1. The highest BCUT2D eigenvalue weighted by molar-refractivity contribution is 6.31. The third-order valence-electron chi connectivity index (χ3n) is 2.54. The molecule has 0 aliphatic rings. The number of aromatic amines is 1. The van der Waals surface area contributed by atoms with E-state index in [1.807, 2.05) is 18.2 Å². The predicted octanol–water partition coefficient (Wildman–Crippen LogP) is 2.73. The molecule has 1 N–H and O–H groups in total. The fourth-order valence-corrected chi connectivity index (χ4v) is 2.01. The zero-order valence-corrected chi connectivity index (χ0v) is 8.95. The maximum Gasteiger partial charge on any atom is 0.274 e. The van der Waals surface area contributed by atoms with Gasteiger partial charge in [-0.1, -0.05) is 23.7 Å². The summed E-state index contributed by atoms with van der Waals surface area (Å²) in [6, 6.07) is 9.13. The van der Waals surface area contributed by atoms with Crippen LogP contribution in [0.5, 0.6) is 0 Å². The average molecular weight is 231 g/mol. The molecule has 0 saturated heterocycles. The second-order valence-electron chi connectivity index (χ2n) is 3.54. The maximum atomic E-state index is 11.7. The standard InChI is InChI=1S/C12H7ClN2O/c13-7-3-4-8-9-2-1-5-14-11(9)12(16)15-10(8)6-7/h1-6H,(H,15,16). The van der Waals surface area contributed by atoms with Crippen LogP contribution in [0.2, 0.25) is 5.02 Å². The van der Waals surface area contributed by atoms with Gasteiger partial charge in [0.15, 0.2) is 0 Å². The van der Waals surface area contributed by atoms with Crippen molar-refractivity contribution < 1.29 is 0 Å². The number of hydrogen-bond acceptors (Lipinski definition) is 2. The highest BCUT2D eigenvalue weighted by Crippen LogP contribution is 2.22. The van der Waals surface area contributed by atoms with Crippen LogP contribution in [-0.2, 0) is 0 Å². The van der Waals surface area contributed by atoms with Gasteiger partial charge in [0.1, 0.15) is 5.52 Å². The van der Waals surface area contributed by atoms with E-state index in [-0.39, 0.29) is 5.56 Å². The Morgan fingerprint density at radius 3 is 2.94 bits per heavy atom. The van der Waals surface area contributed by atoms with Crippen LogP contribution < -0.4 is 5.56 Å². The summed E-state index contributed by atoms with van der Waals surface area (Å²) in [7, 11) is 0. The number of nitrogens with zero attached hydrogens (tertiary/aromatic N) is 1. The van der Waals surface area contributed by atoms with Crippen LogP contribution in [-0.4, -0.2) is 9.97 Å². The van der Waals surface area contributed by atoms with Crippen LogP contribution in [0.25, 0.3) is 21.8 Å². The highest BCUT2D eigenvalue weighted by atomic mass is 35.5. The third kappa shape index (κ3) is 1.29. The molecule has 2 aromatic heterocycles. The molecule has 0 unspecified atom stereocenters. The molecule has 0 radical (unpaired) electrons. The molecule has 16 heavy (non-hydrogen) atoms. The van der Waals surface area contributed by atoms with E-state index in [1.165, 1.54) is 0 Å². The quantitative estimate of drug-likeness (QED) is 0.604. The van der Waals surface area contributed by atoms with Crippen LogP contribution in [0, 0.1) is 0 Å². The van der Waals surface area contributed by atoms with Gasteiger partial charge in [0, 0.05) is 22.0 Å². The fraction of sp³-hybridized carbons (Fsp3) is 0. The van der Waals surface area contributed by atoms with Crippen molar-refractivity contribution in [2.24, 2.45) is 0 Å². The molecule has 1 aromatic carbocycles. The van der Waals surface area contributed by atoms with Crippen LogP contribution in [0.3, 0.4) is 0 Å². The lowest BCUT2D eigenvalue weighted by atomic mass is 10.1. The van der Waals surface area contributed by atoms with Gasteiger partial charge >= 0.3 is 0 Å². The number of rotatable bonds is 0. The molecule has 4 heteroatoms. The Bertz CT molecular complexity index is 749. The van der Waals surface area contributed by atoms with Gasteiger partial charge in [0.05, 0.1) is 5.52 Å². The van der Waals surface area contributed by atoms with Gasteiger partial charge < -0.3 is 4.98 Å². The van der Waals surface area contributed by atoms with Gasteiger partial charge in [0.2, 0.25) is 0 Å². The van der Waals surface area contributed by atoms with Crippen LogP contribution in [0.4, 0.5) is 0 Å². The van der Waals surface area contributed by atoms with Crippen LogP contribution in [0.1, 0.15) is 0 Å². The Labute approximate surface area is 95.7 Å². The topological polar surface area (TPSA) is 45.8 Å². The first-order chi connectivity index (χ1) is 7.75. The molecule has 0 fully saturated rings. The minimum atomic E-state index is -0.189. The summed E-state index contributed by atoms with van der Waals surface area (Å²) in [5, 5.41) is 2.40. The molecular weight excluding hydrogens is 224 g/mol.